The number of carbonyl (C=O) groups is 2. The third-order valence-corrected chi connectivity index (χ3v) is 4.60. The van der Waals surface area contributed by atoms with Gasteiger partial charge in [0.25, 0.3) is 5.91 Å². The maximum atomic E-state index is 12.3. The zero-order chi connectivity index (χ0) is 16.2. The molecule has 0 saturated carbocycles. The van der Waals surface area contributed by atoms with Gasteiger partial charge in [0.2, 0.25) is 5.91 Å². The average molecular weight is 317 g/mol. The smallest absolute Gasteiger partial charge is 0.251 e. The first-order valence-corrected chi connectivity index (χ1v) is 8.23. The molecular formula is C17H23N3O3. The number of nitrogens with one attached hydrogen (secondary N) is 2. The van der Waals surface area contributed by atoms with Gasteiger partial charge in [-0.1, -0.05) is 6.07 Å². The minimum atomic E-state index is -0.199. The van der Waals surface area contributed by atoms with Gasteiger partial charge in [-0.15, -0.1) is 0 Å². The van der Waals surface area contributed by atoms with E-state index in [1.165, 1.54) is 12.1 Å². The number of benzene rings is 1. The van der Waals surface area contributed by atoms with E-state index < -0.39 is 0 Å². The maximum absolute atomic E-state index is 12.3. The summed E-state index contributed by atoms with van der Waals surface area (Å²) in [6.45, 7) is 3.02. The van der Waals surface area contributed by atoms with Crippen LogP contribution in [-0.2, 0) is 4.79 Å². The molecule has 0 bridgehead atoms. The van der Waals surface area contributed by atoms with Crippen LogP contribution in [0.2, 0.25) is 0 Å². The largest absolute Gasteiger partial charge is 0.508 e. The van der Waals surface area contributed by atoms with Gasteiger partial charge in [-0.05, 0) is 43.4 Å². The number of likely N-dealkylation sites (tertiary alicyclic amines) is 1. The summed E-state index contributed by atoms with van der Waals surface area (Å²) >= 11 is 0. The van der Waals surface area contributed by atoms with E-state index in [0.29, 0.717) is 12.1 Å². The molecule has 2 heterocycles. The molecule has 6 heteroatoms. The van der Waals surface area contributed by atoms with Crippen molar-refractivity contribution in [1.82, 2.24) is 15.5 Å². The summed E-state index contributed by atoms with van der Waals surface area (Å²) in [5.41, 5.74) is 0.445. The number of phenols is 1. The molecule has 124 valence electrons. The fourth-order valence-corrected chi connectivity index (χ4v) is 3.30. The number of rotatable bonds is 4. The number of hydrogen-bond acceptors (Lipinski definition) is 4. The van der Waals surface area contributed by atoms with Gasteiger partial charge in [0.15, 0.2) is 0 Å². The molecule has 1 unspecified atom stereocenters. The van der Waals surface area contributed by atoms with Gasteiger partial charge >= 0.3 is 0 Å². The molecule has 23 heavy (non-hydrogen) atoms. The van der Waals surface area contributed by atoms with E-state index in [2.05, 4.69) is 10.6 Å². The van der Waals surface area contributed by atoms with Crippen LogP contribution in [0.4, 0.5) is 0 Å². The van der Waals surface area contributed by atoms with Gasteiger partial charge in [-0.3, -0.25) is 9.59 Å². The molecule has 1 aromatic rings. The minimum absolute atomic E-state index is 0.0801. The summed E-state index contributed by atoms with van der Waals surface area (Å²) in [5.74, 6) is 0.337. The molecule has 6 nitrogen and oxygen atoms in total. The number of phenolic OH excluding ortho intramolecular Hbond substituents is 1. The Hall–Kier alpha value is -2.08. The molecule has 3 N–H and O–H groups in total. The molecule has 2 saturated heterocycles. The van der Waals surface area contributed by atoms with E-state index in [1.807, 2.05) is 4.90 Å². The summed E-state index contributed by atoms with van der Waals surface area (Å²) in [6, 6.07) is 6.18. The molecule has 2 aliphatic heterocycles. The Balaban J connectivity index is 1.46. The molecule has 0 spiro atoms. The number of nitrogens with zero attached hydrogens (tertiary/aromatic N) is 1. The second kappa shape index (κ2) is 7.00. The highest BCUT2D eigenvalue weighted by atomic mass is 16.3. The van der Waals surface area contributed by atoms with Crippen molar-refractivity contribution in [3.05, 3.63) is 29.8 Å². The molecule has 0 radical (unpaired) electrons. The van der Waals surface area contributed by atoms with E-state index in [0.717, 1.165) is 38.9 Å². The molecule has 2 aliphatic rings. The van der Waals surface area contributed by atoms with Crippen LogP contribution in [0.1, 0.15) is 29.6 Å². The van der Waals surface area contributed by atoms with Gasteiger partial charge in [0, 0.05) is 31.7 Å². The molecule has 2 atom stereocenters. The third kappa shape index (κ3) is 3.82. The molecule has 1 aromatic carbocycles. The van der Waals surface area contributed by atoms with Gasteiger partial charge in [0.1, 0.15) is 5.75 Å². The van der Waals surface area contributed by atoms with Crippen molar-refractivity contribution in [3.8, 4) is 5.75 Å². The summed E-state index contributed by atoms with van der Waals surface area (Å²) in [5, 5.41) is 15.6. The zero-order valence-corrected chi connectivity index (χ0v) is 13.1. The van der Waals surface area contributed by atoms with Crippen LogP contribution < -0.4 is 10.6 Å². The Bertz CT molecular complexity index is 584. The van der Waals surface area contributed by atoms with Gasteiger partial charge < -0.3 is 20.6 Å². The summed E-state index contributed by atoms with van der Waals surface area (Å²) < 4.78 is 0. The SMILES string of the molecule is O=C(NCC1CN[C@H](C(=O)N2CCCC2)C1)c1cccc(O)c1. The maximum Gasteiger partial charge on any atom is 0.251 e. The quantitative estimate of drug-likeness (QED) is 0.764. The lowest BCUT2D eigenvalue weighted by Gasteiger charge is -2.20. The summed E-state index contributed by atoms with van der Waals surface area (Å²) in [6.07, 6.45) is 2.96. The second-order valence-corrected chi connectivity index (χ2v) is 6.36. The Kier molecular flexibility index (Phi) is 4.81. The second-order valence-electron chi connectivity index (χ2n) is 6.36. The van der Waals surface area contributed by atoms with Crippen LogP contribution in [0.5, 0.6) is 5.75 Å². The first-order chi connectivity index (χ1) is 11.1. The normalized spacial score (nSPS) is 23.9. The number of hydrogen-bond donors (Lipinski definition) is 3. The third-order valence-electron chi connectivity index (χ3n) is 4.60. The molecular weight excluding hydrogens is 294 g/mol. The van der Waals surface area contributed by atoms with E-state index >= 15 is 0 Å². The van der Waals surface area contributed by atoms with Crippen molar-refractivity contribution in [3.63, 3.8) is 0 Å². The van der Waals surface area contributed by atoms with Gasteiger partial charge in [-0.2, -0.15) is 0 Å². The zero-order valence-electron chi connectivity index (χ0n) is 13.1. The minimum Gasteiger partial charge on any atom is -0.508 e. The number of amides is 2. The van der Waals surface area contributed by atoms with Crippen LogP contribution in [0, 0.1) is 5.92 Å². The Morgan fingerprint density at radius 2 is 2.09 bits per heavy atom. The lowest BCUT2D eigenvalue weighted by molar-refractivity contribution is -0.132. The first kappa shape index (κ1) is 15.8. The molecule has 3 rings (SSSR count). The summed E-state index contributed by atoms with van der Waals surface area (Å²) in [7, 11) is 0. The molecule has 0 aliphatic carbocycles. The topological polar surface area (TPSA) is 81.7 Å². The lowest BCUT2D eigenvalue weighted by Crippen LogP contribution is -2.42. The Morgan fingerprint density at radius 1 is 1.30 bits per heavy atom. The monoisotopic (exact) mass is 317 g/mol. The van der Waals surface area contributed by atoms with E-state index in [4.69, 9.17) is 0 Å². The van der Waals surface area contributed by atoms with Crippen molar-refractivity contribution in [1.29, 1.82) is 0 Å². The highest BCUT2D eigenvalue weighted by Gasteiger charge is 2.33. The number of aromatic hydroxyl groups is 1. The Morgan fingerprint density at radius 3 is 2.83 bits per heavy atom. The van der Waals surface area contributed by atoms with Crippen LogP contribution in [0.15, 0.2) is 24.3 Å². The standard InChI is InChI=1S/C17H23N3O3/c21-14-5-3-4-13(9-14)16(22)19-11-12-8-15(18-10-12)17(23)20-6-1-2-7-20/h3-5,9,12,15,18,21H,1-2,6-8,10-11H2,(H,19,22)/t12?,15-/m0/s1. The van der Waals surface area contributed by atoms with Crippen molar-refractivity contribution >= 4 is 11.8 Å². The van der Waals surface area contributed by atoms with Crippen LogP contribution in [0.3, 0.4) is 0 Å². The highest BCUT2D eigenvalue weighted by Crippen LogP contribution is 2.18. The van der Waals surface area contributed by atoms with Crippen molar-refractivity contribution in [2.45, 2.75) is 25.3 Å². The lowest BCUT2D eigenvalue weighted by atomic mass is 10.0. The highest BCUT2D eigenvalue weighted by molar-refractivity contribution is 5.94. The van der Waals surface area contributed by atoms with Gasteiger partial charge in [0.05, 0.1) is 6.04 Å². The number of carbonyl (C=O) groups excluding carboxylic acids is 2. The molecule has 2 amide bonds. The van der Waals surface area contributed by atoms with E-state index in [1.54, 1.807) is 12.1 Å². The predicted octanol–water partition coefficient (Wildman–Crippen LogP) is 0.722. The molecule has 2 fully saturated rings. The van der Waals surface area contributed by atoms with Crippen molar-refractivity contribution in [2.24, 2.45) is 5.92 Å². The van der Waals surface area contributed by atoms with Crippen molar-refractivity contribution < 1.29 is 14.7 Å². The van der Waals surface area contributed by atoms with Crippen LogP contribution in [0.25, 0.3) is 0 Å². The van der Waals surface area contributed by atoms with Crippen molar-refractivity contribution in [2.75, 3.05) is 26.2 Å². The molecule has 0 aromatic heterocycles. The average Bonchev–Trinajstić information content (AvgIpc) is 3.23. The fraction of sp³-hybridized carbons (Fsp3) is 0.529. The predicted molar refractivity (Wildman–Crippen MR) is 86.2 cm³/mol. The van der Waals surface area contributed by atoms with E-state index in [9.17, 15) is 14.7 Å². The van der Waals surface area contributed by atoms with Crippen LogP contribution in [-0.4, -0.2) is 54.0 Å². The summed E-state index contributed by atoms with van der Waals surface area (Å²) in [4.78, 5) is 26.3. The van der Waals surface area contributed by atoms with Crippen LogP contribution >= 0.6 is 0 Å². The fourth-order valence-electron chi connectivity index (χ4n) is 3.30. The first-order valence-electron chi connectivity index (χ1n) is 8.23. The Labute approximate surface area is 135 Å². The van der Waals surface area contributed by atoms with Gasteiger partial charge in [-0.25, -0.2) is 0 Å². The van der Waals surface area contributed by atoms with E-state index in [-0.39, 0.29) is 29.5 Å².